The first-order chi connectivity index (χ1) is 8.99. The molecule has 19 heavy (non-hydrogen) atoms. The predicted octanol–water partition coefficient (Wildman–Crippen LogP) is 2.08. The third-order valence-electron chi connectivity index (χ3n) is 3.63. The summed E-state index contributed by atoms with van der Waals surface area (Å²) >= 11 is 0. The van der Waals surface area contributed by atoms with Gasteiger partial charge in [0.2, 0.25) is 10.0 Å². The zero-order chi connectivity index (χ0) is 13.9. The molecule has 106 valence electrons. The SMILES string of the molecule is CCc1cccc(NC2CCN(S(C)(=O)=O)CC2)c1. The smallest absolute Gasteiger partial charge is 0.211 e. The van der Waals surface area contributed by atoms with E-state index in [0.717, 1.165) is 24.9 Å². The molecule has 1 N–H and O–H groups in total. The number of aryl methyl sites for hydroxylation is 1. The van der Waals surface area contributed by atoms with Crippen molar-refractivity contribution < 1.29 is 8.42 Å². The third-order valence-corrected chi connectivity index (χ3v) is 4.93. The van der Waals surface area contributed by atoms with E-state index >= 15 is 0 Å². The van der Waals surface area contributed by atoms with Gasteiger partial charge in [-0.25, -0.2) is 12.7 Å². The Hall–Kier alpha value is -1.07. The van der Waals surface area contributed by atoms with Crippen molar-refractivity contribution in [3.8, 4) is 0 Å². The first-order valence-corrected chi connectivity index (χ1v) is 8.64. The minimum absolute atomic E-state index is 0.366. The summed E-state index contributed by atoms with van der Waals surface area (Å²) in [4.78, 5) is 0. The Morgan fingerprint density at radius 3 is 2.58 bits per heavy atom. The van der Waals surface area contributed by atoms with Crippen molar-refractivity contribution in [2.45, 2.75) is 32.2 Å². The normalized spacial score (nSPS) is 18.4. The highest BCUT2D eigenvalue weighted by Crippen LogP contribution is 2.19. The van der Waals surface area contributed by atoms with Gasteiger partial charge >= 0.3 is 0 Å². The van der Waals surface area contributed by atoms with Crippen LogP contribution in [0.3, 0.4) is 0 Å². The lowest BCUT2D eigenvalue weighted by molar-refractivity contribution is 0.332. The molecule has 1 aromatic carbocycles. The summed E-state index contributed by atoms with van der Waals surface area (Å²) in [5.41, 5.74) is 2.45. The molecule has 0 spiro atoms. The van der Waals surface area contributed by atoms with Crippen molar-refractivity contribution >= 4 is 15.7 Å². The summed E-state index contributed by atoms with van der Waals surface area (Å²) in [6, 6.07) is 8.79. The Kier molecular flexibility index (Phi) is 4.47. The minimum Gasteiger partial charge on any atom is -0.382 e. The molecule has 1 heterocycles. The molecule has 1 aliphatic rings. The van der Waals surface area contributed by atoms with Crippen LogP contribution in [0, 0.1) is 0 Å². The fourth-order valence-electron chi connectivity index (χ4n) is 2.45. The molecule has 0 unspecified atom stereocenters. The maximum atomic E-state index is 11.4. The van der Waals surface area contributed by atoms with E-state index in [1.165, 1.54) is 11.8 Å². The zero-order valence-corrected chi connectivity index (χ0v) is 12.4. The Morgan fingerprint density at radius 1 is 1.32 bits per heavy atom. The lowest BCUT2D eigenvalue weighted by Gasteiger charge is -2.31. The molecular weight excluding hydrogens is 260 g/mol. The summed E-state index contributed by atoms with van der Waals surface area (Å²) in [6.07, 6.45) is 4.04. The Morgan fingerprint density at radius 2 is 2.00 bits per heavy atom. The number of nitrogens with zero attached hydrogens (tertiary/aromatic N) is 1. The van der Waals surface area contributed by atoms with Gasteiger partial charge in [-0.2, -0.15) is 0 Å². The van der Waals surface area contributed by atoms with Crippen LogP contribution >= 0.6 is 0 Å². The molecule has 0 saturated carbocycles. The molecule has 4 nitrogen and oxygen atoms in total. The highest BCUT2D eigenvalue weighted by atomic mass is 32.2. The molecule has 1 aromatic rings. The van der Waals surface area contributed by atoms with E-state index < -0.39 is 10.0 Å². The van der Waals surface area contributed by atoms with Gasteiger partial charge in [-0.1, -0.05) is 19.1 Å². The number of benzene rings is 1. The van der Waals surface area contributed by atoms with Gasteiger partial charge in [0.25, 0.3) is 0 Å². The summed E-state index contributed by atoms with van der Waals surface area (Å²) in [5, 5.41) is 3.51. The zero-order valence-electron chi connectivity index (χ0n) is 11.6. The van der Waals surface area contributed by atoms with E-state index in [-0.39, 0.29) is 0 Å². The van der Waals surface area contributed by atoms with Gasteiger partial charge in [-0.15, -0.1) is 0 Å². The molecule has 2 rings (SSSR count). The summed E-state index contributed by atoms with van der Waals surface area (Å²) < 4.78 is 24.4. The Bertz CT molecular complexity index is 520. The molecular formula is C14H22N2O2S. The van der Waals surface area contributed by atoms with Crippen LogP contribution in [0.5, 0.6) is 0 Å². The molecule has 1 fully saturated rings. The highest BCUT2D eigenvalue weighted by Gasteiger charge is 2.24. The fraction of sp³-hybridized carbons (Fsp3) is 0.571. The molecule has 0 aliphatic carbocycles. The standard InChI is InChI=1S/C14H22N2O2S/c1-3-12-5-4-6-14(11-12)15-13-7-9-16(10-8-13)19(2,17)18/h4-6,11,13,15H,3,7-10H2,1-2H3. The second-order valence-electron chi connectivity index (χ2n) is 5.13. The van der Waals surface area contributed by atoms with Gasteiger partial charge in [0.05, 0.1) is 6.26 Å². The summed E-state index contributed by atoms with van der Waals surface area (Å²) in [5.74, 6) is 0. The van der Waals surface area contributed by atoms with Crippen molar-refractivity contribution in [1.29, 1.82) is 0 Å². The largest absolute Gasteiger partial charge is 0.382 e. The predicted molar refractivity (Wildman–Crippen MR) is 78.9 cm³/mol. The van der Waals surface area contributed by atoms with E-state index in [9.17, 15) is 8.42 Å². The van der Waals surface area contributed by atoms with Gasteiger partial charge in [0.15, 0.2) is 0 Å². The molecule has 1 saturated heterocycles. The van der Waals surface area contributed by atoms with Crippen molar-refractivity contribution in [3.05, 3.63) is 29.8 Å². The molecule has 1 aliphatic heterocycles. The molecule has 5 heteroatoms. The van der Waals surface area contributed by atoms with Crippen LogP contribution in [0.1, 0.15) is 25.3 Å². The number of hydrogen-bond acceptors (Lipinski definition) is 3. The number of sulfonamides is 1. The van der Waals surface area contributed by atoms with E-state index in [0.29, 0.717) is 19.1 Å². The molecule has 0 amide bonds. The summed E-state index contributed by atoms with van der Waals surface area (Å²) in [7, 11) is -3.03. The third kappa shape index (κ3) is 3.94. The van der Waals surface area contributed by atoms with Gasteiger partial charge < -0.3 is 5.32 Å². The second kappa shape index (κ2) is 5.92. The number of rotatable bonds is 4. The topological polar surface area (TPSA) is 49.4 Å². The Labute approximate surface area is 115 Å². The number of nitrogens with one attached hydrogen (secondary N) is 1. The monoisotopic (exact) mass is 282 g/mol. The second-order valence-corrected chi connectivity index (χ2v) is 7.12. The van der Waals surface area contributed by atoms with Crippen LogP contribution in [0.2, 0.25) is 0 Å². The van der Waals surface area contributed by atoms with Gasteiger partial charge in [0, 0.05) is 24.8 Å². The van der Waals surface area contributed by atoms with Gasteiger partial charge in [0.1, 0.15) is 0 Å². The van der Waals surface area contributed by atoms with Crippen LogP contribution in [0.4, 0.5) is 5.69 Å². The van der Waals surface area contributed by atoms with Crippen LogP contribution in [0.25, 0.3) is 0 Å². The number of hydrogen-bond donors (Lipinski definition) is 1. The molecule has 0 radical (unpaired) electrons. The molecule has 0 atom stereocenters. The van der Waals surface area contributed by atoms with E-state index in [1.54, 1.807) is 4.31 Å². The van der Waals surface area contributed by atoms with Gasteiger partial charge in [-0.05, 0) is 37.0 Å². The fourth-order valence-corrected chi connectivity index (χ4v) is 3.32. The van der Waals surface area contributed by atoms with E-state index in [4.69, 9.17) is 0 Å². The van der Waals surface area contributed by atoms with Crippen molar-refractivity contribution in [2.75, 3.05) is 24.7 Å². The lowest BCUT2D eigenvalue weighted by Crippen LogP contribution is -2.41. The highest BCUT2D eigenvalue weighted by molar-refractivity contribution is 7.88. The maximum Gasteiger partial charge on any atom is 0.211 e. The molecule has 0 aromatic heterocycles. The minimum atomic E-state index is -3.03. The van der Waals surface area contributed by atoms with Gasteiger partial charge in [-0.3, -0.25) is 0 Å². The number of anilines is 1. The maximum absolute atomic E-state index is 11.4. The van der Waals surface area contributed by atoms with Crippen molar-refractivity contribution in [1.82, 2.24) is 4.31 Å². The number of piperidine rings is 1. The average Bonchev–Trinajstić information content (AvgIpc) is 2.38. The molecule has 0 bridgehead atoms. The summed E-state index contributed by atoms with van der Waals surface area (Å²) in [6.45, 7) is 3.37. The Balaban J connectivity index is 1.92. The first-order valence-electron chi connectivity index (χ1n) is 6.79. The van der Waals surface area contributed by atoms with E-state index in [2.05, 4.69) is 36.5 Å². The average molecular weight is 282 g/mol. The quantitative estimate of drug-likeness (QED) is 0.920. The van der Waals surface area contributed by atoms with Crippen LogP contribution < -0.4 is 5.32 Å². The lowest BCUT2D eigenvalue weighted by atomic mass is 10.1. The van der Waals surface area contributed by atoms with Crippen LogP contribution in [-0.2, 0) is 16.4 Å². The first kappa shape index (κ1) is 14.3. The van der Waals surface area contributed by atoms with Crippen LogP contribution in [-0.4, -0.2) is 38.1 Å². The van der Waals surface area contributed by atoms with Crippen molar-refractivity contribution in [2.24, 2.45) is 0 Å². The van der Waals surface area contributed by atoms with Crippen LogP contribution in [0.15, 0.2) is 24.3 Å². The van der Waals surface area contributed by atoms with E-state index in [1.807, 2.05) is 0 Å². The van der Waals surface area contributed by atoms with Crippen molar-refractivity contribution in [3.63, 3.8) is 0 Å².